The van der Waals surface area contributed by atoms with Crippen molar-refractivity contribution in [2.75, 3.05) is 6.54 Å². The van der Waals surface area contributed by atoms with Crippen molar-refractivity contribution in [3.8, 4) is 11.1 Å². The molecule has 0 saturated carbocycles. The second kappa shape index (κ2) is 13.4. The van der Waals surface area contributed by atoms with Crippen molar-refractivity contribution in [3.63, 3.8) is 0 Å². The molecule has 0 aromatic heterocycles. The van der Waals surface area contributed by atoms with Crippen LogP contribution in [0.5, 0.6) is 0 Å². The minimum atomic E-state index is -0.583. The molecule has 2 aromatic carbocycles. The van der Waals surface area contributed by atoms with Gasteiger partial charge in [-0.2, -0.15) is 0 Å². The van der Waals surface area contributed by atoms with E-state index >= 15 is 0 Å². The number of likely N-dealkylation sites (tertiary alicyclic amines) is 1. The first-order chi connectivity index (χ1) is 17.7. The van der Waals surface area contributed by atoms with Crippen LogP contribution in [0.4, 0.5) is 0 Å². The van der Waals surface area contributed by atoms with Gasteiger partial charge in [-0.15, -0.1) is 0 Å². The molecule has 6 heteroatoms. The van der Waals surface area contributed by atoms with Gasteiger partial charge in [-0.3, -0.25) is 14.4 Å². The summed E-state index contributed by atoms with van der Waals surface area (Å²) in [4.78, 5) is 41.1. The first kappa shape index (κ1) is 28.4. The van der Waals surface area contributed by atoms with Crippen LogP contribution in [0.3, 0.4) is 0 Å². The lowest BCUT2D eigenvalue weighted by atomic mass is 9.81. The molecule has 1 saturated heterocycles. The Kier molecular flexibility index (Phi) is 10.3. The highest BCUT2D eigenvalue weighted by atomic mass is 16.2. The van der Waals surface area contributed by atoms with Crippen LogP contribution in [0.2, 0.25) is 0 Å². The Labute approximate surface area is 222 Å². The summed E-state index contributed by atoms with van der Waals surface area (Å²) < 4.78 is 0. The predicted molar refractivity (Wildman–Crippen MR) is 148 cm³/mol. The molecule has 200 valence electrons. The third-order valence-corrected chi connectivity index (χ3v) is 7.30. The maximum atomic E-state index is 13.6. The highest BCUT2D eigenvalue weighted by Crippen LogP contribution is 2.27. The number of nitrogens with one attached hydrogen (secondary N) is 1. The molecule has 1 fully saturated rings. The van der Waals surface area contributed by atoms with E-state index in [2.05, 4.69) is 48.6 Å². The number of hydrogen-bond acceptors (Lipinski definition) is 3. The van der Waals surface area contributed by atoms with Crippen LogP contribution >= 0.6 is 0 Å². The fourth-order valence-electron chi connectivity index (χ4n) is 5.31. The van der Waals surface area contributed by atoms with Crippen LogP contribution in [0.1, 0.15) is 70.4 Å². The number of primary amides is 1. The van der Waals surface area contributed by atoms with Gasteiger partial charge in [0.1, 0.15) is 6.04 Å². The molecule has 3 N–H and O–H groups in total. The summed E-state index contributed by atoms with van der Waals surface area (Å²) in [5.41, 5.74) is 10.2. The maximum absolute atomic E-state index is 13.6. The number of carbonyl (C=O) groups is 3. The van der Waals surface area contributed by atoms with Crippen molar-refractivity contribution in [1.29, 1.82) is 0 Å². The van der Waals surface area contributed by atoms with E-state index in [-0.39, 0.29) is 17.7 Å². The number of benzene rings is 2. The summed E-state index contributed by atoms with van der Waals surface area (Å²) in [5, 5.41) is 3.03. The molecule has 1 aliphatic heterocycles. The van der Waals surface area contributed by atoms with Crippen LogP contribution in [0, 0.1) is 24.7 Å². The molecule has 0 radical (unpaired) electrons. The van der Waals surface area contributed by atoms with E-state index in [1.165, 1.54) is 5.56 Å². The van der Waals surface area contributed by atoms with Gasteiger partial charge in [0.2, 0.25) is 17.7 Å². The molecule has 0 bridgehead atoms. The average Bonchev–Trinajstić information content (AvgIpc) is 3.03. The summed E-state index contributed by atoms with van der Waals surface area (Å²) in [6.45, 7) is 9.29. The Bertz CT molecular complexity index is 1060. The second-order valence-corrected chi connectivity index (χ2v) is 10.9. The van der Waals surface area contributed by atoms with Gasteiger partial charge in [-0.25, -0.2) is 0 Å². The van der Waals surface area contributed by atoms with Gasteiger partial charge in [0, 0.05) is 24.9 Å². The second-order valence-electron chi connectivity index (χ2n) is 10.9. The fourth-order valence-corrected chi connectivity index (χ4v) is 5.31. The molecule has 0 spiro atoms. The van der Waals surface area contributed by atoms with Crippen LogP contribution in [-0.4, -0.2) is 35.2 Å². The van der Waals surface area contributed by atoms with Crippen molar-refractivity contribution in [2.45, 2.75) is 78.8 Å². The molecule has 1 aliphatic rings. The number of carbonyl (C=O) groups excluding carboxylic acids is 3. The third kappa shape index (κ3) is 7.91. The highest BCUT2D eigenvalue weighted by molar-refractivity contribution is 5.91. The zero-order chi connectivity index (χ0) is 26.9. The molecule has 2 aromatic rings. The van der Waals surface area contributed by atoms with Crippen molar-refractivity contribution in [2.24, 2.45) is 23.5 Å². The van der Waals surface area contributed by atoms with Gasteiger partial charge >= 0.3 is 0 Å². The number of amides is 3. The number of aryl methyl sites for hydroxylation is 1. The molecule has 6 nitrogen and oxygen atoms in total. The van der Waals surface area contributed by atoms with Crippen molar-refractivity contribution < 1.29 is 14.4 Å². The Hall–Kier alpha value is -3.15. The zero-order valence-electron chi connectivity index (χ0n) is 22.8. The standard InChI is InChI=1S/C31H43N3O3/c1-5-9-26(29(32)35)27(18-21(2)3)30(36)33-28-12-6-7-17-34(31(28)37)20-23-10-8-11-25(19-23)24-15-13-22(4)14-16-24/h8,10-11,13-16,19,21,26-28H,5-7,9,12,17-18,20H2,1-4H3,(H2,32,35)(H,33,36)/t26?,27?,28-/m0/s1. The molecule has 1 heterocycles. The quantitative estimate of drug-likeness (QED) is 0.438. The first-order valence-electron chi connectivity index (χ1n) is 13.7. The SMILES string of the molecule is CCCC(C(N)=O)C(CC(C)C)C(=O)N[C@H]1CCCCN(Cc2cccc(-c3ccc(C)cc3)c2)C1=O. The number of hydrogen-bond donors (Lipinski definition) is 2. The Morgan fingerprint density at radius 1 is 1.05 bits per heavy atom. The summed E-state index contributed by atoms with van der Waals surface area (Å²) >= 11 is 0. The predicted octanol–water partition coefficient (Wildman–Crippen LogP) is 5.22. The summed E-state index contributed by atoms with van der Waals surface area (Å²) in [6.07, 6.45) is 4.27. The fraction of sp³-hybridized carbons (Fsp3) is 0.516. The van der Waals surface area contributed by atoms with E-state index in [1.807, 2.05) is 37.8 Å². The van der Waals surface area contributed by atoms with Crippen LogP contribution in [0.25, 0.3) is 11.1 Å². The highest BCUT2D eigenvalue weighted by Gasteiger charge is 2.35. The minimum Gasteiger partial charge on any atom is -0.369 e. The van der Waals surface area contributed by atoms with Crippen molar-refractivity contribution >= 4 is 17.7 Å². The molecule has 2 unspecified atom stereocenters. The van der Waals surface area contributed by atoms with E-state index in [9.17, 15) is 14.4 Å². The minimum absolute atomic E-state index is 0.0546. The Morgan fingerprint density at radius 2 is 1.78 bits per heavy atom. The normalized spacial score (nSPS) is 17.8. The first-order valence-corrected chi connectivity index (χ1v) is 13.7. The van der Waals surface area contributed by atoms with E-state index < -0.39 is 23.8 Å². The molecular formula is C31H43N3O3. The zero-order valence-corrected chi connectivity index (χ0v) is 22.8. The van der Waals surface area contributed by atoms with E-state index in [0.29, 0.717) is 32.4 Å². The molecule has 37 heavy (non-hydrogen) atoms. The van der Waals surface area contributed by atoms with Crippen LogP contribution < -0.4 is 11.1 Å². The van der Waals surface area contributed by atoms with E-state index in [1.54, 1.807) is 0 Å². The summed E-state index contributed by atoms with van der Waals surface area (Å²) in [5.74, 6) is -1.53. The molecule has 0 aliphatic carbocycles. The molecule has 3 atom stereocenters. The van der Waals surface area contributed by atoms with Gasteiger partial charge in [0.15, 0.2) is 0 Å². The smallest absolute Gasteiger partial charge is 0.245 e. The number of nitrogens with zero attached hydrogens (tertiary/aromatic N) is 1. The lowest BCUT2D eigenvalue weighted by molar-refractivity contribution is -0.139. The average molecular weight is 506 g/mol. The van der Waals surface area contributed by atoms with Gasteiger partial charge < -0.3 is 16.0 Å². The number of nitrogens with two attached hydrogens (primary N) is 1. The lowest BCUT2D eigenvalue weighted by Gasteiger charge is -2.29. The largest absolute Gasteiger partial charge is 0.369 e. The summed E-state index contributed by atoms with van der Waals surface area (Å²) in [7, 11) is 0. The van der Waals surface area contributed by atoms with Gasteiger partial charge in [-0.1, -0.05) is 75.2 Å². The Balaban J connectivity index is 1.75. The van der Waals surface area contributed by atoms with Crippen LogP contribution in [-0.2, 0) is 20.9 Å². The van der Waals surface area contributed by atoms with Gasteiger partial charge in [-0.05, 0) is 67.7 Å². The topological polar surface area (TPSA) is 92.5 Å². The van der Waals surface area contributed by atoms with Crippen molar-refractivity contribution in [1.82, 2.24) is 10.2 Å². The lowest BCUT2D eigenvalue weighted by Crippen LogP contribution is -2.50. The van der Waals surface area contributed by atoms with E-state index in [4.69, 9.17) is 5.73 Å². The van der Waals surface area contributed by atoms with Gasteiger partial charge in [0.05, 0.1) is 0 Å². The maximum Gasteiger partial charge on any atom is 0.245 e. The third-order valence-electron chi connectivity index (χ3n) is 7.30. The Morgan fingerprint density at radius 3 is 2.43 bits per heavy atom. The van der Waals surface area contributed by atoms with Crippen LogP contribution in [0.15, 0.2) is 48.5 Å². The summed E-state index contributed by atoms with van der Waals surface area (Å²) in [6, 6.07) is 16.1. The van der Waals surface area contributed by atoms with Crippen molar-refractivity contribution in [3.05, 3.63) is 59.7 Å². The van der Waals surface area contributed by atoms with E-state index in [0.717, 1.165) is 36.0 Å². The molecule has 3 rings (SSSR count). The molecule has 3 amide bonds. The number of rotatable bonds is 11. The van der Waals surface area contributed by atoms with Gasteiger partial charge in [0.25, 0.3) is 0 Å². The monoisotopic (exact) mass is 505 g/mol. The molecular weight excluding hydrogens is 462 g/mol.